The van der Waals surface area contributed by atoms with Gasteiger partial charge >= 0.3 is 0 Å². The van der Waals surface area contributed by atoms with Gasteiger partial charge in [0, 0.05) is 25.7 Å². The van der Waals surface area contributed by atoms with Crippen molar-refractivity contribution in [3.63, 3.8) is 0 Å². The van der Waals surface area contributed by atoms with E-state index in [1.54, 1.807) is 0 Å². The predicted octanol–water partition coefficient (Wildman–Crippen LogP) is 1.42. The molecule has 6 nitrogen and oxygen atoms in total. The SMILES string of the molecule is CC(C)CCCC(C)NC(N)=NCC(O)CN1CCOCC1.I. The van der Waals surface area contributed by atoms with Crippen molar-refractivity contribution in [2.45, 2.75) is 52.2 Å². The molecule has 0 aromatic rings. The van der Waals surface area contributed by atoms with E-state index >= 15 is 0 Å². The Morgan fingerprint density at radius 2 is 1.91 bits per heavy atom. The quantitative estimate of drug-likeness (QED) is 0.286. The Morgan fingerprint density at radius 1 is 1.26 bits per heavy atom. The summed E-state index contributed by atoms with van der Waals surface area (Å²) in [6.45, 7) is 10.8. The van der Waals surface area contributed by atoms with Crippen molar-refractivity contribution in [1.29, 1.82) is 0 Å². The lowest BCUT2D eigenvalue weighted by Crippen LogP contribution is -2.42. The Kier molecular flexibility index (Phi) is 13.1. The fourth-order valence-corrected chi connectivity index (χ4v) is 2.55. The minimum Gasteiger partial charge on any atom is -0.390 e. The number of aliphatic hydroxyl groups is 1. The van der Waals surface area contributed by atoms with E-state index in [1.807, 2.05) is 0 Å². The van der Waals surface area contributed by atoms with Crippen LogP contribution in [0, 0.1) is 5.92 Å². The number of β-amino-alcohol motifs (C(OH)–C–C–N with tert-alkyl or cyclic N) is 1. The number of hydrogen-bond donors (Lipinski definition) is 3. The molecular weight excluding hydrogens is 407 g/mol. The average molecular weight is 442 g/mol. The lowest BCUT2D eigenvalue weighted by molar-refractivity contribution is 0.0165. The first kappa shape index (κ1) is 22.9. The van der Waals surface area contributed by atoms with Gasteiger partial charge in [0.05, 0.1) is 25.9 Å². The molecule has 2 atom stereocenters. The topological polar surface area (TPSA) is 83.1 Å². The lowest BCUT2D eigenvalue weighted by atomic mass is 10.0. The number of aliphatic imine (C=N–C) groups is 1. The van der Waals surface area contributed by atoms with Gasteiger partial charge < -0.3 is 20.9 Å². The summed E-state index contributed by atoms with van der Waals surface area (Å²) in [4.78, 5) is 6.44. The normalized spacial score (nSPS) is 19.3. The third-order valence-corrected chi connectivity index (χ3v) is 3.86. The third-order valence-electron chi connectivity index (χ3n) is 3.86. The van der Waals surface area contributed by atoms with E-state index in [9.17, 15) is 5.11 Å². The van der Waals surface area contributed by atoms with E-state index in [-0.39, 0.29) is 24.0 Å². The molecule has 0 aromatic heterocycles. The highest BCUT2D eigenvalue weighted by Gasteiger charge is 2.14. The maximum atomic E-state index is 10.0. The molecule has 0 bridgehead atoms. The average Bonchev–Trinajstić information content (AvgIpc) is 2.46. The van der Waals surface area contributed by atoms with Gasteiger partial charge in [-0.05, 0) is 19.3 Å². The zero-order valence-corrected chi connectivity index (χ0v) is 17.2. The van der Waals surface area contributed by atoms with Gasteiger partial charge in [0.15, 0.2) is 5.96 Å². The summed E-state index contributed by atoms with van der Waals surface area (Å²) in [5.74, 6) is 1.17. The summed E-state index contributed by atoms with van der Waals surface area (Å²) in [5, 5.41) is 13.2. The molecule has 1 fully saturated rings. The van der Waals surface area contributed by atoms with Gasteiger partial charge in [-0.2, -0.15) is 0 Å². The Bertz CT molecular complexity index is 323. The van der Waals surface area contributed by atoms with Crippen LogP contribution in [0.4, 0.5) is 0 Å². The Labute approximate surface area is 158 Å². The summed E-state index contributed by atoms with van der Waals surface area (Å²) in [6.07, 6.45) is 3.04. The van der Waals surface area contributed by atoms with E-state index in [0.717, 1.165) is 38.6 Å². The van der Waals surface area contributed by atoms with Crippen molar-refractivity contribution in [3.05, 3.63) is 0 Å². The van der Waals surface area contributed by atoms with E-state index < -0.39 is 6.10 Å². The number of ether oxygens (including phenoxy) is 1. The van der Waals surface area contributed by atoms with Crippen LogP contribution in [-0.4, -0.2) is 67.5 Å². The van der Waals surface area contributed by atoms with Crippen LogP contribution in [0.5, 0.6) is 0 Å². The number of rotatable bonds is 9. The first-order chi connectivity index (χ1) is 10.5. The minimum atomic E-state index is -0.477. The van der Waals surface area contributed by atoms with Gasteiger partial charge in [-0.25, -0.2) is 0 Å². The highest BCUT2D eigenvalue weighted by molar-refractivity contribution is 14.0. The molecule has 0 radical (unpaired) electrons. The van der Waals surface area contributed by atoms with Crippen LogP contribution in [-0.2, 0) is 4.74 Å². The van der Waals surface area contributed by atoms with Crippen LogP contribution in [0.3, 0.4) is 0 Å². The smallest absolute Gasteiger partial charge is 0.188 e. The summed E-state index contributed by atoms with van der Waals surface area (Å²) >= 11 is 0. The molecule has 7 heteroatoms. The van der Waals surface area contributed by atoms with Gasteiger partial charge in [-0.1, -0.05) is 26.7 Å². The van der Waals surface area contributed by atoms with Gasteiger partial charge in [-0.15, -0.1) is 24.0 Å². The van der Waals surface area contributed by atoms with Gasteiger partial charge in [0.1, 0.15) is 0 Å². The first-order valence-corrected chi connectivity index (χ1v) is 8.52. The monoisotopic (exact) mass is 442 g/mol. The molecule has 1 aliphatic heterocycles. The molecule has 0 amide bonds. The van der Waals surface area contributed by atoms with E-state index in [1.165, 1.54) is 12.8 Å². The van der Waals surface area contributed by atoms with Crippen LogP contribution >= 0.6 is 24.0 Å². The second-order valence-electron chi connectivity index (χ2n) is 6.66. The number of hydrogen-bond acceptors (Lipinski definition) is 4. The number of nitrogens with one attached hydrogen (secondary N) is 1. The Hall–Kier alpha value is -0.120. The van der Waals surface area contributed by atoms with Crippen LogP contribution in [0.25, 0.3) is 0 Å². The number of guanidine groups is 1. The number of halogens is 1. The molecule has 1 rings (SSSR count). The van der Waals surface area contributed by atoms with Crippen LogP contribution < -0.4 is 11.1 Å². The molecule has 0 aliphatic carbocycles. The summed E-state index contributed by atoms with van der Waals surface area (Å²) < 4.78 is 5.29. The molecule has 23 heavy (non-hydrogen) atoms. The molecule has 0 aromatic carbocycles. The maximum Gasteiger partial charge on any atom is 0.188 e. The maximum absolute atomic E-state index is 10.0. The van der Waals surface area contributed by atoms with Crippen molar-refractivity contribution < 1.29 is 9.84 Å². The zero-order valence-electron chi connectivity index (χ0n) is 14.8. The molecule has 1 heterocycles. The molecule has 1 aliphatic rings. The fourth-order valence-electron chi connectivity index (χ4n) is 2.55. The molecular formula is C16H35IN4O2. The highest BCUT2D eigenvalue weighted by atomic mass is 127. The van der Waals surface area contributed by atoms with Gasteiger partial charge in [0.2, 0.25) is 0 Å². The number of morpholine rings is 1. The second kappa shape index (κ2) is 13.2. The molecule has 138 valence electrons. The van der Waals surface area contributed by atoms with Gasteiger partial charge in [-0.3, -0.25) is 9.89 Å². The molecule has 4 N–H and O–H groups in total. The van der Waals surface area contributed by atoms with Crippen molar-refractivity contribution >= 4 is 29.9 Å². The van der Waals surface area contributed by atoms with Crippen LogP contribution in [0.15, 0.2) is 4.99 Å². The first-order valence-electron chi connectivity index (χ1n) is 8.52. The van der Waals surface area contributed by atoms with Gasteiger partial charge in [0.25, 0.3) is 0 Å². The van der Waals surface area contributed by atoms with Crippen molar-refractivity contribution in [1.82, 2.24) is 10.2 Å². The summed E-state index contributed by atoms with van der Waals surface area (Å²) in [6, 6.07) is 0.318. The molecule has 1 saturated heterocycles. The van der Waals surface area contributed by atoms with Crippen LogP contribution in [0.2, 0.25) is 0 Å². The van der Waals surface area contributed by atoms with E-state index in [2.05, 4.69) is 36.0 Å². The van der Waals surface area contributed by atoms with E-state index in [0.29, 0.717) is 25.1 Å². The van der Waals surface area contributed by atoms with Crippen molar-refractivity contribution in [2.75, 3.05) is 39.4 Å². The molecule has 0 spiro atoms. The Morgan fingerprint density at radius 3 is 2.52 bits per heavy atom. The molecule has 0 saturated carbocycles. The Balaban J connectivity index is 0.00000484. The number of nitrogens with zero attached hydrogens (tertiary/aromatic N) is 2. The lowest BCUT2D eigenvalue weighted by Gasteiger charge is -2.28. The number of nitrogens with two attached hydrogens (primary N) is 1. The second-order valence-corrected chi connectivity index (χ2v) is 6.66. The third kappa shape index (κ3) is 12.0. The van der Waals surface area contributed by atoms with Crippen molar-refractivity contribution in [3.8, 4) is 0 Å². The largest absolute Gasteiger partial charge is 0.390 e. The summed E-state index contributed by atoms with van der Waals surface area (Å²) in [7, 11) is 0. The zero-order chi connectivity index (χ0) is 16.4. The fraction of sp³-hybridized carbons (Fsp3) is 0.938. The minimum absolute atomic E-state index is 0. The van der Waals surface area contributed by atoms with Crippen molar-refractivity contribution in [2.24, 2.45) is 16.6 Å². The number of aliphatic hydroxyl groups excluding tert-OH is 1. The standard InChI is InChI=1S/C16H34N4O2.HI/c1-13(2)5-4-6-14(3)19-16(17)18-11-15(21)12-20-7-9-22-10-8-20;/h13-15,21H,4-12H2,1-3H3,(H3,17,18,19);1H. The molecule has 2 unspecified atom stereocenters. The summed E-state index contributed by atoms with van der Waals surface area (Å²) in [5.41, 5.74) is 5.88. The predicted molar refractivity (Wildman–Crippen MR) is 106 cm³/mol. The van der Waals surface area contributed by atoms with Crippen LogP contribution in [0.1, 0.15) is 40.0 Å². The highest BCUT2D eigenvalue weighted by Crippen LogP contribution is 2.08. The van der Waals surface area contributed by atoms with E-state index in [4.69, 9.17) is 10.5 Å².